The third-order valence-electron chi connectivity index (χ3n) is 5.20. The van der Waals surface area contributed by atoms with Crippen molar-refractivity contribution in [3.05, 3.63) is 24.3 Å². The van der Waals surface area contributed by atoms with Gasteiger partial charge in [-0.1, -0.05) is 0 Å². The van der Waals surface area contributed by atoms with Crippen LogP contribution in [-0.4, -0.2) is 82.0 Å². The summed E-state index contributed by atoms with van der Waals surface area (Å²) in [6, 6.07) is 6.00. The van der Waals surface area contributed by atoms with Gasteiger partial charge in [0.25, 0.3) is 0 Å². The zero-order chi connectivity index (χ0) is 21.0. The first-order valence-electron chi connectivity index (χ1n) is 9.60. The van der Waals surface area contributed by atoms with E-state index in [4.69, 9.17) is 9.47 Å². The number of morpholine rings is 1. The summed E-state index contributed by atoms with van der Waals surface area (Å²) in [5.41, 5.74) is 0.492. The average molecular weight is 426 g/mol. The third-order valence-corrected chi connectivity index (χ3v) is 7.11. The normalized spacial score (nSPS) is 21.9. The minimum atomic E-state index is -3.58. The van der Waals surface area contributed by atoms with Crippen molar-refractivity contribution >= 4 is 27.5 Å². The molecule has 1 aromatic carbocycles. The fourth-order valence-electron chi connectivity index (χ4n) is 3.55. The molecule has 2 heterocycles. The quantitative estimate of drug-likeness (QED) is 0.683. The van der Waals surface area contributed by atoms with E-state index < -0.39 is 15.9 Å². The Morgan fingerprint density at radius 1 is 1.28 bits per heavy atom. The Bertz CT molecular complexity index is 836. The highest BCUT2D eigenvalue weighted by Crippen LogP contribution is 2.23. The number of rotatable bonds is 7. The lowest BCUT2D eigenvalue weighted by molar-refractivity contribution is -0.130. The highest BCUT2D eigenvalue weighted by atomic mass is 32.2. The molecule has 0 unspecified atom stereocenters. The second-order valence-corrected chi connectivity index (χ2v) is 9.22. The van der Waals surface area contributed by atoms with Gasteiger partial charge in [0.1, 0.15) is 0 Å². The first-order chi connectivity index (χ1) is 13.8. The van der Waals surface area contributed by atoms with Crippen molar-refractivity contribution in [2.75, 3.05) is 51.9 Å². The topological polar surface area (TPSA) is 105 Å². The van der Waals surface area contributed by atoms with Gasteiger partial charge in [-0.25, -0.2) is 8.42 Å². The van der Waals surface area contributed by atoms with Gasteiger partial charge in [0.2, 0.25) is 21.8 Å². The van der Waals surface area contributed by atoms with Crippen LogP contribution in [0.15, 0.2) is 29.2 Å². The number of benzene rings is 1. The molecule has 9 nitrogen and oxygen atoms in total. The molecule has 1 N–H and O–H groups in total. The van der Waals surface area contributed by atoms with Crippen LogP contribution in [0.5, 0.6) is 0 Å². The van der Waals surface area contributed by atoms with E-state index in [1.54, 1.807) is 24.1 Å². The summed E-state index contributed by atoms with van der Waals surface area (Å²) in [6.45, 7) is 4.07. The van der Waals surface area contributed by atoms with E-state index in [-0.39, 0.29) is 29.2 Å². The number of nitrogens with zero attached hydrogens (tertiary/aromatic N) is 2. The standard InChI is InChI=1S/C19H27N3O6S/c1-14(13-27-2)22-12-15(11-18(22)23)19(24)20-16-3-5-17(6-4-16)29(25,26)21-7-9-28-10-8-21/h3-6,14-15H,7-13H2,1-2H3,(H,20,24)/t14-,15+/m1/s1. The van der Waals surface area contributed by atoms with Crippen LogP contribution < -0.4 is 5.32 Å². The summed E-state index contributed by atoms with van der Waals surface area (Å²) < 4.78 is 37.0. The number of carbonyl (C=O) groups excluding carboxylic acids is 2. The van der Waals surface area contributed by atoms with E-state index in [1.807, 2.05) is 6.92 Å². The molecule has 0 saturated carbocycles. The maximum absolute atomic E-state index is 12.6. The predicted molar refractivity (Wildman–Crippen MR) is 106 cm³/mol. The van der Waals surface area contributed by atoms with Crippen molar-refractivity contribution in [1.82, 2.24) is 9.21 Å². The molecule has 2 saturated heterocycles. The van der Waals surface area contributed by atoms with Gasteiger partial charge in [0.15, 0.2) is 0 Å². The zero-order valence-electron chi connectivity index (χ0n) is 16.7. The van der Waals surface area contributed by atoms with Crippen LogP contribution in [0.2, 0.25) is 0 Å². The molecule has 2 aliphatic heterocycles. The molecule has 1 aromatic rings. The Kier molecular flexibility index (Phi) is 6.89. The molecular weight excluding hydrogens is 398 g/mol. The molecule has 0 spiro atoms. The van der Waals surface area contributed by atoms with Crippen molar-refractivity contribution in [3.8, 4) is 0 Å². The number of amides is 2. The summed E-state index contributed by atoms with van der Waals surface area (Å²) in [5.74, 6) is -0.769. The Hall–Kier alpha value is -2.01. The summed E-state index contributed by atoms with van der Waals surface area (Å²) in [4.78, 5) is 26.6. The minimum absolute atomic E-state index is 0.0679. The highest BCUT2D eigenvalue weighted by Gasteiger charge is 2.36. The van der Waals surface area contributed by atoms with Crippen molar-refractivity contribution < 1.29 is 27.5 Å². The largest absolute Gasteiger partial charge is 0.383 e. The van der Waals surface area contributed by atoms with Crippen LogP contribution >= 0.6 is 0 Å². The van der Waals surface area contributed by atoms with Crippen molar-refractivity contribution in [1.29, 1.82) is 0 Å². The van der Waals surface area contributed by atoms with Crippen LogP contribution in [-0.2, 0) is 29.1 Å². The second-order valence-electron chi connectivity index (χ2n) is 7.28. The SMILES string of the molecule is COC[C@@H](C)N1C[C@@H](C(=O)Nc2ccc(S(=O)(=O)N3CCOCC3)cc2)CC1=O. The van der Waals surface area contributed by atoms with Gasteiger partial charge in [-0.2, -0.15) is 4.31 Å². The van der Waals surface area contributed by atoms with Gasteiger partial charge < -0.3 is 19.7 Å². The Morgan fingerprint density at radius 2 is 1.93 bits per heavy atom. The number of ether oxygens (including phenoxy) is 2. The molecule has 2 amide bonds. The smallest absolute Gasteiger partial charge is 0.243 e. The molecule has 0 aliphatic carbocycles. The number of hydrogen-bond donors (Lipinski definition) is 1. The summed E-state index contributed by atoms with van der Waals surface area (Å²) in [6.07, 6.45) is 0.156. The van der Waals surface area contributed by atoms with Crippen molar-refractivity contribution in [2.24, 2.45) is 5.92 Å². The lowest BCUT2D eigenvalue weighted by Gasteiger charge is -2.26. The third kappa shape index (κ3) is 4.95. The van der Waals surface area contributed by atoms with Gasteiger partial charge in [0.05, 0.1) is 36.7 Å². The monoisotopic (exact) mass is 425 g/mol. The lowest BCUT2D eigenvalue weighted by Crippen LogP contribution is -2.40. The number of anilines is 1. The molecule has 2 fully saturated rings. The molecule has 3 rings (SSSR count). The van der Waals surface area contributed by atoms with E-state index in [0.29, 0.717) is 45.1 Å². The Balaban J connectivity index is 1.61. The minimum Gasteiger partial charge on any atom is -0.383 e. The number of likely N-dealkylation sites (tertiary alicyclic amines) is 1. The maximum atomic E-state index is 12.6. The number of hydrogen-bond acceptors (Lipinski definition) is 6. The van der Waals surface area contributed by atoms with Gasteiger partial charge in [-0.15, -0.1) is 0 Å². The van der Waals surface area contributed by atoms with Crippen LogP contribution in [0.1, 0.15) is 13.3 Å². The van der Waals surface area contributed by atoms with Crippen LogP contribution in [0, 0.1) is 5.92 Å². The van der Waals surface area contributed by atoms with Crippen LogP contribution in [0.25, 0.3) is 0 Å². The van der Waals surface area contributed by atoms with Gasteiger partial charge >= 0.3 is 0 Å². The molecule has 160 valence electrons. The molecule has 0 radical (unpaired) electrons. The molecule has 0 bridgehead atoms. The highest BCUT2D eigenvalue weighted by molar-refractivity contribution is 7.89. The summed E-state index contributed by atoms with van der Waals surface area (Å²) >= 11 is 0. The van der Waals surface area contributed by atoms with Crippen molar-refractivity contribution in [2.45, 2.75) is 24.3 Å². The maximum Gasteiger partial charge on any atom is 0.243 e. The van der Waals surface area contributed by atoms with Crippen LogP contribution in [0.4, 0.5) is 5.69 Å². The Labute approximate surface area is 171 Å². The molecule has 0 aromatic heterocycles. The molecule has 29 heavy (non-hydrogen) atoms. The fraction of sp³-hybridized carbons (Fsp3) is 0.579. The average Bonchev–Trinajstić information content (AvgIpc) is 3.11. The predicted octanol–water partition coefficient (Wildman–Crippen LogP) is 0.529. The van der Waals surface area contributed by atoms with E-state index in [0.717, 1.165) is 0 Å². The van der Waals surface area contributed by atoms with Crippen LogP contribution in [0.3, 0.4) is 0 Å². The zero-order valence-corrected chi connectivity index (χ0v) is 17.5. The van der Waals surface area contributed by atoms with E-state index >= 15 is 0 Å². The lowest BCUT2D eigenvalue weighted by atomic mass is 10.1. The molecule has 2 atom stereocenters. The summed E-state index contributed by atoms with van der Waals surface area (Å²) in [5, 5.41) is 2.78. The van der Waals surface area contributed by atoms with Gasteiger partial charge in [0, 0.05) is 38.9 Å². The Morgan fingerprint density at radius 3 is 2.55 bits per heavy atom. The number of nitrogens with one attached hydrogen (secondary N) is 1. The first kappa shape index (κ1) is 21.7. The van der Waals surface area contributed by atoms with Gasteiger partial charge in [-0.05, 0) is 31.2 Å². The number of carbonyl (C=O) groups is 2. The molecule has 10 heteroatoms. The first-order valence-corrected chi connectivity index (χ1v) is 11.0. The molecule has 2 aliphatic rings. The summed E-state index contributed by atoms with van der Waals surface area (Å²) in [7, 11) is -2.00. The van der Waals surface area contributed by atoms with Crippen molar-refractivity contribution in [3.63, 3.8) is 0 Å². The van der Waals surface area contributed by atoms with Gasteiger partial charge in [-0.3, -0.25) is 9.59 Å². The van der Waals surface area contributed by atoms with E-state index in [2.05, 4.69) is 5.32 Å². The number of sulfonamides is 1. The van der Waals surface area contributed by atoms with E-state index in [9.17, 15) is 18.0 Å². The van der Waals surface area contributed by atoms with E-state index in [1.165, 1.54) is 16.4 Å². The second kappa shape index (κ2) is 9.21. The fourth-order valence-corrected chi connectivity index (χ4v) is 4.96. The molecular formula is C19H27N3O6S. The number of methoxy groups -OCH3 is 1.